The van der Waals surface area contributed by atoms with Gasteiger partial charge in [0.2, 0.25) is 15.9 Å². The number of amides is 1. The first-order valence-electron chi connectivity index (χ1n) is 10.2. The number of anilines is 2. The van der Waals surface area contributed by atoms with E-state index >= 15 is 0 Å². The molecule has 1 amide bonds. The molecular formula is C24H26N2O3S. The number of nitrogens with zero attached hydrogens (tertiary/aromatic N) is 1. The minimum Gasteiger partial charge on any atom is -0.326 e. The quantitative estimate of drug-likeness (QED) is 0.612. The van der Waals surface area contributed by atoms with Crippen molar-refractivity contribution < 1.29 is 13.2 Å². The van der Waals surface area contributed by atoms with Crippen molar-refractivity contribution in [1.29, 1.82) is 0 Å². The Morgan fingerprint density at radius 1 is 1.00 bits per heavy atom. The van der Waals surface area contributed by atoms with Gasteiger partial charge in [-0.05, 0) is 60.4 Å². The molecule has 0 atom stereocenters. The van der Waals surface area contributed by atoms with Gasteiger partial charge in [-0.2, -0.15) is 0 Å². The summed E-state index contributed by atoms with van der Waals surface area (Å²) >= 11 is 0. The molecule has 3 aromatic rings. The summed E-state index contributed by atoms with van der Waals surface area (Å²) in [6.45, 7) is 2.15. The van der Waals surface area contributed by atoms with Gasteiger partial charge in [0.05, 0.1) is 11.9 Å². The van der Waals surface area contributed by atoms with Crippen LogP contribution in [0.25, 0.3) is 10.8 Å². The van der Waals surface area contributed by atoms with E-state index in [1.54, 1.807) is 6.07 Å². The van der Waals surface area contributed by atoms with E-state index in [0.717, 1.165) is 29.5 Å². The normalized spacial score (nSPS) is 12.9. The molecule has 4 rings (SSSR count). The summed E-state index contributed by atoms with van der Waals surface area (Å²) in [7, 11) is -3.43. The molecule has 0 heterocycles. The first kappa shape index (κ1) is 20.4. The second-order valence-corrected chi connectivity index (χ2v) is 9.79. The summed E-state index contributed by atoms with van der Waals surface area (Å²) in [6, 6.07) is 17.7. The Balaban J connectivity index is 1.44. The van der Waals surface area contributed by atoms with Crippen molar-refractivity contribution in [2.75, 3.05) is 22.4 Å². The van der Waals surface area contributed by atoms with E-state index < -0.39 is 10.0 Å². The van der Waals surface area contributed by atoms with Crippen molar-refractivity contribution in [1.82, 2.24) is 0 Å². The predicted octanol–water partition coefficient (Wildman–Crippen LogP) is 4.43. The average Bonchev–Trinajstić information content (AvgIpc) is 3.12. The number of para-hydroxylation sites is 1. The molecule has 1 aliphatic rings. The Kier molecular flexibility index (Phi) is 5.52. The predicted molar refractivity (Wildman–Crippen MR) is 123 cm³/mol. The topological polar surface area (TPSA) is 66.5 Å². The molecule has 0 radical (unpaired) electrons. The Labute approximate surface area is 177 Å². The molecular weight excluding hydrogens is 396 g/mol. The standard InChI is InChI=1S/C24H26N2O3S/c1-17-7-3-4-10-22(17)26(30(2,28)29)16-6-11-23(27)25-21-15-14-19-13-12-18-8-5-9-20(21)24(18)19/h3-5,7-10,14-15H,6,11-13,16H2,1-2H3,(H,25,27). The van der Waals surface area contributed by atoms with Crippen molar-refractivity contribution in [3.8, 4) is 0 Å². The van der Waals surface area contributed by atoms with Gasteiger partial charge in [0.25, 0.3) is 0 Å². The van der Waals surface area contributed by atoms with E-state index in [-0.39, 0.29) is 18.9 Å². The Morgan fingerprint density at radius 3 is 2.47 bits per heavy atom. The van der Waals surface area contributed by atoms with E-state index in [9.17, 15) is 13.2 Å². The fraction of sp³-hybridized carbons (Fsp3) is 0.292. The number of sulfonamides is 1. The smallest absolute Gasteiger partial charge is 0.232 e. The molecule has 3 aromatic carbocycles. The molecule has 0 fully saturated rings. The number of nitrogens with one attached hydrogen (secondary N) is 1. The van der Waals surface area contributed by atoms with E-state index in [1.807, 2.05) is 43.3 Å². The lowest BCUT2D eigenvalue weighted by Crippen LogP contribution is -2.32. The third kappa shape index (κ3) is 4.05. The van der Waals surface area contributed by atoms with E-state index in [1.165, 1.54) is 27.1 Å². The number of rotatable bonds is 7. The monoisotopic (exact) mass is 422 g/mol. The summed E-state index contributed by atoms with van der Waals surface area (Å²) < 4.78 is 26.0. The zero-order valence-electron chi connectivity index (χ0n) is 17.3. The van der Waals surface area contributed by atoms with Crippen LogP contribution in [0.15, 0.2) is 54.6 Å². The largest absolute Gasteiger partial charge is 0.326 e. The molecule has 5 nitrogen and oxygen atoms in total. The molecule has 156 valence electrons. The number of hydrogen-bond acceptors (Lipinski definition) is 3. The highest BCUT2D eigenvalue weighted by Crippen LogP contribution is 2.35. The zero-order chi connectivity index (χ0) is 21.3. The number of hydrogen-bond donors (Lipinski definition) is 1. The van der Waals surface area contributed by atoms with Crippen LogP contribution in [0.4, 0.5) is 11.4 Å². The SMILES string of the molecule is Cc1ccccc1N(CCCC(=O)Nc1ccc2c3c(cccc13)CC2)S(C)(=O)=O. The maximum absolute atomic E-state index is 12.6. The van der Waals surface area contributed by atoms with Gasteiger partial charge >= 0.3 is 0 Å². The van der Waals surface area contributed by atoms with Crippen LogP contribution >= 0.6 is 0 Å². The van der Waals surface area contributed by atoms with Gasteiger partial charge in [-0.3, -0.25) is 9.10 Å². The van der Waals surface area contributed by atoms with Crippen LogP contribution < -0.4 is 9.62 Å². The molecule has 6 heteroatoms. The van der Waals surface area contributed by atoms with Crippen LogP contribution in [0.5, 0.6) is 0 Å². The number of aryl methyl sites for hydroxylation is 3. The summed E-state index contributed by atoms with van der Waals surface area (Å²) in [5.41, 5.74) is 5.04. The molecule has 30 heavy (non-hydrogen) atoms. The lowest BCUT2D eigenvalue weighted by molar-refractivity contribution is -0.116. The van der Waals surface area contributed by atoms with Crippen LogP contribution in [0.1, 0.15) is 29.5 Å². The summed E-state index contributed by atoms with van der Waals surface area (Å²) in [6.07, 6.45) is 3.98. The van der Waals surface area contributed by atoms with Crippen molar-refractivity contribution in [3.05, 3.63) is 71.3 Å². The van der Waals surface area contributed by atoms with Gasteiger partial charge in [0.15, 0.2) is 0 Å². The van der Waals surface area contributed by atoms with Crippen molar-refractivity contribution in [2.45, 2.75) is 32.6 Å². The fourth-order valence-electron chi connectivity index (χ4n) is 4.26. The molecule has 0 spiro atoms. The highest BCUT2D eigenvalue weighted by Gasteiger charge is 2.20. The van der Waals surface area contributed by atoms with E-state index in [4.69, 9.17) is 0 Å². The maximum Gasteiger partial charge on any atom is 0.232 e. The van der Waals surface area contributed by atoms with Crippen LogP contribution in [0.3, 0.4) is 0 Å². The van der Waals surface area contributed by atoms with Gasteiger partial charge in [-0.1, -0.05) is 42.5 Å². The lowest BCUT2D eigenvalue weighted by Gasteiger charge is -2.24. The molecule has 0 saturated heterocycles. The minimum absolute atomic E-state index is 0.105. The summed E-state index contributed by atoms with van der Waals surface area (Å²) in [5, 5.41) is 5.36. The second kappa shape index (κ2) is 8.11. The number of carbonyl (C=O) groups is 1. The lowest BCUT2D eigenvalue weighted by atomic mass is 10.0. The van der Waals surface area contributed by atoms with Crippen LogP contribution in [-0.2, 0) is 27.7 Å². The number of carbonyl (C=O) groups excluding carboxylic acids is 1. The minimum atomic E-state index is -3.43. The van der Waals surface area contributed by atoms with Gasteiger partial charge in [0, 0.05) is 24.0 Å². The van der Waals surface area contributed by atoms with Crippen molar-refractivity contribution >= 4 is 38.1 Å². The first-order chi connectivity index (χ1) is 14.3. The van der Waals surface area contributed by atoms with E-state index in [0.29, 0.717) is 12.1 Å². The molecule has 0 aliphatic heterocycles. The van der Waals surface area contributed by atoms with Crippen molar-refractivity contribution in [2.24, 2.45) is 0 Å². The van der Waals surface area contributed by atoms with Crippen molar-refractivity contribution in [3.63, 3.8) is 0 Å². The van der Waals surface area contributed by atoms with Crippen LogP contribution in [0.2, 0.25) is 0 Å². The molecule has 1 N–H and O–H groups in total. The molecule has 0 aromatic heterocycles. The Hall–Kier alpha value is -2.86. The third-order valence-electron chi connectivity index (χ3n) is 5.70. The molecule has 0 unspecified atom stereocenters. The van der Waals surface area contributed by atoms with Gasteiger partial charge in [0.1, 0.15) is 0 Å². The maximum atomic E-state index is 12.6. The molecule has 0 saturated carbocycles. The Morgan fingerprint density at radius 2 is 1.73 bits per heavy atom. The fourth-order valence-corrected chi connectivity index (χ4v) is 5.28. The highest BCUT2D eigenvalue weighted by molar-refractivity contribution is 7.92. The van der Waals surface area contributed by atoms with Gasteiger partial charge in [-0.25, -0.2) is 8.42 Å². The van der Waals surface area contributed by atoms with Gasteiger partial charge < -0.3 is 5.32 Å². The van der Waals surface area contributed by atoms with Crippen LogP contribution in [0, 0.1) is 6.92 Å². The summed E-state index contributed by atoms with van der Waals surface area (Å²) in [5.74, 6) is -0.105. The average molecular weight is 423 g/mol. The third-order valence-corrected chi connectivity index (χ3v) is 6.88. The van der Waals surface area contributed by atoms with Crippen LogP contribution in [-0.4, -0.2) is 27.1 Å². The molecule has 1 aliphatic carbocycles. The summed E-state index contributed by atoms with van der Waals surface area (Å²) in [4.78, 5) is 12.6. The Bertz CT molecular complexity index is 1210. The second-order valence-electron chi connectivity index (χ2n) is 7.89. The highest BCUT2D eigenvalue weighted by atomic mass is 32.2. The zero-order valence-corrected chi connectivity index (χ0v) is 18.1. The first-order valence-corrected chi connectivity index (χ1v) is 12.1. The number of benzene rings is 3. The van der Waals surface area contributed by atoms with Gasteiger partial charge in [-0.15, -0.1) is 0 Å². The molecule has 0 bridgehead atoms. The van der Waals surface area contributed by atoms with E-state index in [2.05, 4.69) is 17.4 Å².